The Hall–Kier alpha value is -0.980. The van der Waals surface area contributed by atoms with E-state index in [4.69, 9.17) is 11.6 Å². The van der Waals surface area contributed by atoms with E-state index in [1.54, 1.807) is 29.9 Å². The van der Waals surface area contributed by atoms with Gasteiger partial charge in [-0.05, 0) is 25.1 Å². The molecule has 7 heteroatoms. The Morgan fingerprint density at radius 1 is 1.55 bits per heavy atom. The Kier molecular flexibility index (Phi) is 4.78. The van der Waals surface area contributed by atoms with Crippen molar-refractivity contribution in [2.24, 2.45) is 7.05 Å². The lowest BCUT2D eigenvalue weighted by Crippen LogP contribution is -1.99. The average molecular weight is 376 g/mol. The molecule has 1 aromatic heterocycles. The van der Waals surface area contributed by atoms with Crippen molar-refractivity contribution in [1.82, 2.24) is 9.78 Å². The zero-order valence-corrected chi connectivity index (χ0v) is 14.0. The highest BCUT2D eigenvalue weighted by Gasteiger charge is 2.15. The maximum absolute atomic E-state index is 11.2. The summed E-state index contributed by atoms with van der Waals surface area (Å²) in [5, 5.41) is 14.0. The molecule has 0 amide bonds. The maximum atomic E-state index is 11.2. The van der Waals surface area contributed by atoms with E-state index in [0.717, 1.165) is 15.7 Å². The van der Waals surface area contributed by atoms with Gasteiger partial charge in [0.2, 0.25) is 0 Å². The largest absolute Gasteiger partial charge is 0.478 e. The number of thioether (sulfide) groups is 1. The lowest BCUT2D eigenvalue weighted by molar-refractivity contribution is 0.0693. The minimum atomic E-state index is -0.936. The first-order chi connectivity index (χ1) is 9.40. The standard InChI is InChI=1S/C13H12BrClN2O2S/c1-7-10(12(15)17(2)16-7)6-20-11-5-8(14)3-4-9(11)13(18)19/h3-5H,6H2,1-2H3,(H,18,19). The number of rotatable bonds is 4. The van der Waals surface area contributed by atoms with Gasteiger partial charge in [0.1, 0.15) is 5.15 Å². The van der Waals surface area contributed by atoms with Crippen LogP contribution in [0.2, 0.25) is 5.15 Å². The number of halogens is 2. The zero-order chi connectivity index (χ0) is 14.9. The van der Waals surface area contributed by atoms with E-state index >= 15 is 0 Å². The van der Waals surface area contributed by atoms with Crippen molar-refractivity contribution >= 4 is 45.3 Å². The number of carbonyl (C=O) groups is 1. The van der Waals surface area contributed by atoms with Gasteiger partial charge in [0, 0.05) is 27.7 Å². The van der Waals surface area contributed by atoms with Crippen LogP contribution < -0.4 is 0 Å². The molecule has 0 aliphatic carbocycles. The van der Waals surface area contributed by atoms with Crippen LogP contribution in [0.1, 0.15) is 21.6 Å². The van der Waals surface area contributed by atoms with Crippen molar-refractivity contribution in [2.75, 3.05) is 0 Å². The second-order valence-corrected chi connectivity index (χ2v) is 6.50. The third-order valence-corrected chi connectivity index (χ3v) is 4.86. The van der Waals surface area contributed by atoms with E-state index in [2.05, 4.69) is 21.0 Å². The van der Waals surface area contributed by atoms with Gasteiger partial charge in [-0.15, -0.1) is 11.8 Å². The molecule has 106 valence electrons. The number of aromatic carboxylic acids is 1. The molecule has 0 radical (unpaired) electrons. The first-order valence-electron chi connectivity index (χ1n) is 5.73. The van der Waals surface area contributed by atoms with E-state index in [-0.39, 0.29) is 5.56 Å². The van der Waals surface area contributed by atoms with Gasteiger partial charge in [0.15, 0.2) is 0 Å². The molecule has 1 aromatic carbocycles. The van der Waals surface area contributed by atoms with Crippen LogP contribution in [0, 0.1) is 6.92 Å². The first kappa shape index (κ1) is 15.4. The predicted octanol–water partition coefficient (Wildman–Crippen LogP) is 4.13. The van der Waals surface area contributed by atoms with Crippen LogP contribution in [0.4, 0.5) is 0 Å². The molecule has 0 unspecified atom stereocenters. The van der Waals surface area contributed by atoms with Crippen molar-refractivity contribution in [2.45, 2.75) is 17.6 Å². The molecule has 0 spiro atoms. The highest BCUT2D eigenvalue weighted by Crippen LogP contribution is 2.32. The van der Waals surface area contributed by atoms with E-state index in [9.17, 15) is 9.90 Å². The number of hydrogen-bond donors (Lipinski definition) is 1. The summed E-state index contributed by atoms with van der Waals surface area (Å²) in [7, 11) is 1.78. The summed E-state index contributed by atoms with van der Waals surface area (Å²) in [5.41, 5.74) is 2.07. The van der Waals surface area contributed by atoms with E-state index in [1.807, 2.05) is 6.92 Å². The zero-order valence-electron chi connectivity index (χ0n) is 10.9. The van der Waals surface area contributed by atoms with Crippen LogP contribution in [-0.4, -0.2) is 20.9 Å². The van der Waals surface area contributed by atoms with Crippen LogP contribution in [0.25, 0.3) is 0 Å². The molecule has 4 nitrogen and oxygen atoms in total. The first-order valence-corrected chi connectivity index (χ1v) is 7.89. The molecule has 0 bridgehead atoms. The monoisotopic (exact) mass is 374 g/mol. The second kappa shape index (κ2) is 6.20. The van der Waals surface area contributed by atoms with Crippen LogP contribution in [0.5, 0.6) is 0 Å². The Labute approximate surface area is 134 Å². The van der Waals surface area contributed by atoms with Crippen molar-refractivity contribution in [1.29, 1.82) is 0 Å². The van der Waals surface area contributed by atoms with Crippen molar-refractivity contribution in [3.8, 4) is 0 Å². The van der Waals surface area contributed by atoms with E-state index in [0.29, 0.717) is 15.8 Å². The number of carboxylic acid groups (broad SMARTS) is 1. The Balaban J connectivity index is 2.27. The Bertz CT molecular complexity index is 673. The summed E-state index contributed by atoms with van der Waals surface area (Å²) in [4.78, 5) is 11.9. The maximum Gasteiger partial charge on any atom is 0.336 e. The number of benzene rings is 1. The number of aromatic nitrogens is 2. The van der Waals surface area contributed by atoms with Crippen LogP contribution in [0.3, 0.4) is 0 Å². The summed E-state index contributed by atoms with van der Waals surface area (Å²) >= 11 is 11.0. The molecule has 0 atom stereocenters. The van der Waals surface area contributed by atoms with Gasteiger partial charge in [0.25, 0.3) is 0 Å². The molecule has 0 saturated carbocycles. The Morgan fingerprint density at radius 3 is 2.80 bits per heavy atom. The smallest absolute Gasteiger partial charge is 0.336 e. The van der Waals surface area contributed by atoms with Crippen LogP contribution in [-0.2, 0) is 12.8 Å². The topological polar surface area (TPSA) is 55.1 Å². The molecular formula is C13H12BrClN2O2S. The molecule has 1 heterocycles. The molecule has 2 rings (SSSR count). The highest BCUT2D eigenvalue weighted by molar-refractivity contribution is 9.10. The van der Waals surface area contributed by atoms with Gasteiger partial charge in [-0.1, -0.05) is 27.5 Å². The lowest BCUT2D eigenvalue weighted by Gasteiger charge is -2.06. The fraction of sp³-hybridized carbons (Fsp3) is 0.231. The lowest BCUT2D eigenvalue weighted by atomic mass is 10.2. The minimum Gasteiger partial charge on any atom is -0.478 e. The fourth-order valence-corrected chi connectivity index (χ4v) is 3.78. The van der Waals surface area contributed by atoms with Crippen LogP contribution in [0.15, 0.2) is 27.6 Å². The summed E-state index contributed by atoms with van der Waals surface area (Å²) in [6.07, 6.45) is 0. The summed E-state index contributed by atoms with van der Waals surface area (Å²) in [6.45, 7) is 1.89. The van der Waals surface area contributed by atoms with E-state index < -0.39 is 5.97 Å². The third-order valence-electron chi connectivity index (χ3n) is 2.82. The van der Waals surface area contributed by atoms with Crippen molar-refractivity contribution in [3.05, 3.63) is 44.6 Å². The molecule has 0 aliphatic heterocycles. The minimum absolute atomic E-state index is 0.288. The van der Waals surface area contributed by atoms with Crippen molar-refractivity contribution in [3.63, 3.8) is 0 Å². The molecule has 2 aromatic rings. The third kappa shape index (κ3) is 3.19. The summed E-state index contributed by atoms with van der Waals surface area (Å²) in [5.74, 6) is -0.357. The van der Waals surface area contributed by atoms with Gasteiger partial charge in [0.05, 0.1) is 11.3 Å². The predicted molar refractivity (Wildman–Crippen MR) is 83.6 cm³/mol. The van der Waals surface area contributed by atoms with Gasteiger partial charge in [-0.2, -0.15) is 5.10 Å². The summed E-state index contributed by atoms with van der Waals surface area (Å²) < 4.78 is 2.46. The molecular weight excluding hydrogens is 364 g/mol. The van der Waals surface area contributed by atoms with Gasteiger partial charge < -0.3 is 5.11 Å². The molecule has 0 fully saturated rings. The van der Waals surface area contributed by atoms with Gasteiger partial charge in [-0.3, -0.25) is 4.68 Å². The number of nitrogens with zero attached hydrogens (tertiary/aromatic N) is 2. The molecule has 1 N–H and O–H groups in total. The van der Waals surface area contributed by atoms with Gasteiger partial charge >= 0.3 is 5.97 Å². The number of hydrogen-bond acceptors (Lipinski definition) is 3. The van der Waals surface area contributed by atoms with Gasteiger partial charge in [-0.25, -0.2) is 4.79 Å². The highest BCUT2D eigenvalue weighted by atomic mass is 79.9. The SMILES string of the molecule is Cc1nn(C)c(Cl)c1CSc1cc(Br)ccc1C(=O)O. The van der Waals surface area contributed by atoms with Crippen molar-refractivity contribution < 1.29 is 9.90 Å². The molecule has 20 heavy (non-hydrogen) atoms. The van der Waals surface area contributed by atoms with Crippen LogP contribution >= 0.6 is 39.3 Å². The number of aryl methyl sites for hydroxylation is 2. The second-order valence-electron chi connectivity index (χ2n) is 4.21. The fourth-order valence-electron chi connectivity index (χ4n) is 1.78. The van der Waals surface area contributed by atoms with E-state index in [1.165, 1.54) is 11.8 Å². The summed E-state index contributed by atoms with van der Waals surface area (Å²) in [6, 6.07) is 5.11. The normalized spacial score (nSPS) is 10.8. The average Bonchev–Trinajstić information content (AvgIpc) is 2.61. The number of carboxylic acids is 1. The molecule has 0 aliphatic rings. The Morgan fingerprint density at radius 2 is 2.25 bits per heavy atom. The quantitative estimate of drug-likeness (QED) is 0.816. The molecule has 0 saturated heterocycles.